The van der Waals surface area contributed by atoms with Crippen molar-refractivity contribution >= 4 is 8.32 Å². The maximum Gasteiger partial charge on any atom is 0.192 e. The van der Waals surface area contributed by atoms with Crippen molar-refractivity contribution < 1.29 is 23.7 Å². The first-order valence-corrected chi connectivity index (χ1v) is 13.2. The minimum absolute atomic E-state index is 0.00568. The first-order valence-electron chi connectivity index (χ1n) is 10.3. The maximum absolute atomic E-state index is 10.3. The van der Waals surface area contributed by atoms with Crippen molar-refractivity contribution in [3.8, 4) is 0 Å². The lowest BCUT2D eigenvalue weighted by molar-refractivity contribution is -0.163. The van der Waals surface area contributed by atoms with Gasteiger partial charge in [0, 0.05) is 12.5 Å². The molecule has 1 fully saturated rings. The molecule has 0 bridgehead atoms. The Kier molecular flexibility index (Phi) is 8.11. The van der Waals surface area contributed by atoms with Crippen LogP contribution in [0.5, 0.6) is 0 Å². The van der Waals surface area contributed by atoms with Crippen molar-refractivity contribution in [2.75, 3.05) is 33.7 Å². The fraction of sp³-hybridized carbons (Fsp3) is 0.905. The van der Waals surface area contributed by atoms with Gasteiger partial charge in [0.2, 0.25) is 0 Å². The SMILES string of the molecule is COCCOCO[C@@H]1CCC[C@@H]2C[C@H](O[Si](C)(C)C(C)(C)C)C=C[C@]21CO. The Balaban J connectivity index is 2.04. The van der Waals surface area contributed by atoms with Gasteiger partial charge in [-0.15, -0.1) is 0 Å². The van der Waals surface area contributed by atoms with Gasteiger partial charge < -0.3 is 23.7 Å². The zero-order chi connectivity index (χ0) is 20.1. The van der Waals surface area contributed by atoms with Crippen molar-refractivity contribution in [1.29, 1.82) is 0 Å². The Morgan fingerprint density at radius 2 is 1.93 bits per heavy atom. The van der Waals surface area contributed by atoms with E-state index < -0.39 is 8.32 Å². The molecule has 0 aromatic rings. The predicted octanol–water partition coefficient (Wildman–Crippen LogP) is 4.12. The summed E-state index contributed by atoms with van der Waals surface area (Å²) in [5, 5.41) is 10.5. The predicted molar refractivity (Wildman–Crippen MR) is 110 cm³/mol. The van der Waals surface area contributed by atoms with Crippen molar-refractivity contribution in [3.05, 3.63) is 12.2 Å². The molecule has 0 aromatic heterocycles. The lowest BCUT2D eigenvalue weighted by atomic mass is 9.60. The number of aliphatic hydroxyl groups is 1. The van der Waals surface area contributed by atoms with E-state index >= 15 is 0 Å². The van der Waals surface area contributed by atoms with Gasteiger partial charge >= 0.3 is 0 Å². The molecule has 158 valence electrons. The molecule has 0 unspecified atom stereocenters. The summed E-state index contributed by atoms with van der Waals surface area (Å²) in [6.45, 7) is 12.9. The van der Waals surface area contributed by atoms with E-state index in [1.807, 2.05) is 0 Å². The molecule has 0 spiro atoms. The van der Waals surface area contributed by atoms with Gasteiger partial charge in [0.25, 0.3) is 0 Å². The van der Waals surface area contributed by atoms with Gasteiger partial charge in [0.05, 0.1) is 32.0 Å². The molecular formula is C21H40O5Si. The van der Waals surface area contributed by atoms with E-state index in [9.17, 15) is 5.11 Å². The van der Waals surface area contributed by atoms with Crippen molar-refractivity contribution in [2.24, 2.45) is 11.3 Å². The average molecular weight is 401 g/mol. The highest BCUT2D eigenvalue weighted by Gasteiger charge is 2.50. The minimum Gasteiger partial charge on any atom is -0.411 e. The van der Waals surface area contributed by atoms with Gasteiger partial charge in [-0.1, -0.05) is 39.3 Å². The van der Waals surface area contributed by atoms with Crippen LogP contribution in [0.1, 0.15) is 46.5 Å². The molecule has 2 rings (SSSR count). The number of ether oxygens (including phenoxy) is 3. The molecule has 6 heteroatoms. The molecule has 0 radical (unpaired) electrons. The molecule has 0 aliphatic heterocycles. The summed E-state index contributed by atoms with van der Waals surface area (Å²) in [6, 6.07) is 0. The normalized spacial score (nSPS) is 31.7. The van der Waals surface area contributed by atoms with Crippen molar-refractivity contribution in [2.45, 2.75) is 76.8 Å². The second-order valence-corrected chi connectivity index (χ2v) is 14.3. The van der Waals surface area contributed by atoms with E-state index in [1.54, 1.807) is 7.11 Å². The van der Waals surface area contributed by atoms with E-state index in [2.05, 4.69) is 46.0 Å². The van der Waals surface area contributed by atoms with Crippen LogP contribution in [-0.2, 0) is 18.6 Å². The minimum atomic E-state index is -1.81. The zero-order valence-electron chi connectivity index (χ0n) is 18.1. The van der Waals surface area contributed by atoms with Crippen LogP contribution in [0.4, 0.5) is 0 Å². The summed E-state index contributed by atoms with van der Waals surface area (Å²) >= 11 is 0. The Morgan fingerprint density at radius 3 is 2.56 bits per heavy atom. The van der Waals surface area contributed by atoms with Crippen LogP contribution >= 0.6 is 0 Å². The number of methoxy groups -OCH3 is 1. The van der Waals surface area contributed by atoms with E-state index in [0.717, 1.165) is 25.7 Å². The Labute approximate surface area is 166 Å². The van der Waals surface area contributed by atoms with E-state index in [-0.39, 0.29) is 36.1 Å². The van der Waals surface area contributed by atoms with Crippen LogP contribution in [-0.4, -0.2) is 59.4 Å². The van der Waals surface area contributed by atoms with Gasteiger partial charge in [0.1, 0.15) is 6.79 Å². The first-order chi connectivity index (χ1) is 12.7. The van der Waals surface area contributed by atoms with Crippen LogP contribution in [0.3, 0.4) is 0 Å². The van der Waals surface area contributed by atoms with Gasteiger partial charge in [0.15, 0.2) is 8.32 Å². The lowest BCUT2D eigenvalue weighted by Gasteiger charge is -2.50. The Bertz CT molecular complexity index is 487. The average Bonchev–Trinajstić information content (AvgIpc) is 2.60. The molecule has 1 saturated carbocycles. The highest BCUT2D eigenvalue weighted by molar-refractivity contribution is 6.74. The largest absolute Gasteiger partial charge is 0.411 e. The lowest BCUT2D eigenvalue weighted by Crippen LogP contribution is -2.52. The third-order valence-electron chi connectivity index (χ3n) is 6.83. The van der Waals surface area contributed by atoms with E-state index in [1.165, 1.54) is 0 Å². The van der Waals surface area contributed by atoms with Crippen LogP contribution in [0.25, 0.3) is 0 Å². The van der Waals surface area contributed by atoms with Crippen LogP contribution in [0.2, 0.25) is 18.1 Å². The highest BCUT2D eigenvalue weighted by atomic mass is 28.4. The third kappa shape index (κ3) is 5.43. The summed E-state index contributed by atoms with van der Waals surface area (Å²) < 4.78 is 23.2. The number of fused-ring (bicyclic) bond motifs is 1. The summed E-state index contributed by atoms with van der Waals surface area (Å²) in [4.78, 5) is 0. The topological polar surface area (TPSA) is 57.2 Å². The smallest absolute Gasteiger partial charge is 0.192 e. The summed E-state index contributed by atoms with van der Waals surface area (Å²) in [7, 11) is -0.153. The molecule has 4 atom stereocenters. The standard InChI is InChI=1S/C21H40O5Si/c1-20(2,3)27(5,6)26-18-10-11-21(15-22)17(14-18)8-7-9-19(21)25-16-24-13-12-23-4/h10-11,17-19,22H,7-9,12-16H2,1-6H3/t17-,18-,19-,21+/m1/s1. The molecule has 27 heavy (non-hydrogen) atoms. The molecule has 5 nitrogen and oxygen atoms in total. The van der Waals surface area contributed by atoms with Crippen LogP contribution < -0.4 is 0 Å². The summed E-state index contributed by atoms with van der Waals surface area (Å²) in [6.07, 6.45) is 8.68. The number of hydrogen-bond donors (Lipinski definition) is 1. The molecule has 0 aromatic carbocycles. The van der Waals surface area contributed by atoms with Gasteiger partial charge in [-0.2, -0.15) is 0 Å². The summed E-state index contributed by atoms with van der Waals surface area (Å²) in [5.74, 6) is 0.389. The quantitative estimate of drug-likeness (QED) is 0.273. The number of rotatable bonds is 9. The second-order valence-electron chi connectivity index (χ2n) is 9.58. The Hall–Kier alpha value is -0.243. The molecule has 2 aliphatic rings. The Morgan fingerprint density at radius 1 is 1.19 bits per heavy atom. The third-order valence-corrected chi connectivity index (χ3v) is 11.3. The molecule has 2 aliphatic carbocycles. The summed E-state index contributed by atoms with van der Waals surface area (Å²) in [5.41, 5.74) is -0.309. The number of aliphatic hydroxyl groups excluding tert-OH is 1. The van der Waals surface area contributed by atoms with Gasteiger partial charge in [-0.3, -0.25) is 0 Å². The zero-order valence-corrected chi connectivity index (χ0v) is 19.1. The van der Waals surface area contributed by atoms with Crippen molar-refractivity contribution in [1.82, 2.24) is 0 Å². The second kappa shape index (κ2) is 9.50. The number of hydrogen-bond acceptors (Lipinski definition) is 5. The van der Waals surface area contributed by atoms with Crippen LogP contribution in [0, 0.1) is 11.3 Å². The molecule has 0 saturated heterocycles. The van der Waals surface area contributed by atoms with Gasteiger partial charge in [-0.25, -0.2) is 0 Å². The monoisotopic (exact) mass is 400 g/mol. The molecule has 0 amide bonds. The first kappa shape index (κ1) is 23.0. The fourth-order valence-electron chi connectivity index (χ4n) is 4.07. The van der Waals surface area contributed by atoms with Crippen LogP contribution in [0.15, 0.2) is 12.2 Å². The molecule has 1 N–H and O–H groups in total. The fourth-order valence-corrected chi connectivity index (χ4v) is 5.36. The maximum atomic E-state index is 10.3. The highest BCUT2D eigenvalue weighted by Crippen LogP contribution is 2.50. The van der Waals surface area contributed by atoms with E-state index in [4.69, 9.17) is 18.6 Å². The molecule has 0 heterocycles. The molecular weight excluding hydrogens is 360 g/mol. The van der Waals surface area contributed by atoms with Gasteiger partial charge in [-0.05, 0) is 43.3 Å². The van der Waals surface area contributed by atoms with E-state index in [0.29, 0.717) is 19.1 Å². The van der Waals surface area contributed by atoms with Crippen molar-refractivity contribution in [3.63, 3.8) is 0 Å².